The van der Waals surface area contributed by atoms with Crippen LogP contribution < -0.4 is 5.73 Å². The Kier molecular flexibility index (Phi) is 2.83. The average molecular weight is 230 g/mol. The molecule has 0 unspecified atom stereocenters. The smallest absolute Gasteiger partial charge is 0.248 e. The van der Waals surface area contributed by atoms with Crippen LogP contribution in [-0.4, -0.2) is 11.0 Å². The van der Waals surface area contributed by atoms with E-state index in [0.29, 0.717) is 10.0 Å². The fraction of sp³-hybridized carbons (Fsp3) is 0.125. The minimum atomic E-state index is -0.472. The fourth-order valence-corrected chi connectivity index (χ4v) is 1.33. The summed E-state index contributed by atoms with van der Waals surface area (Å²) in [6, 6.07) is 4.83. The Morgan fingerprint density at radius 1 is 1.58 bits per heavy atom. The van der Waals surface area contributed by atoms with Gasteiger partial charge in [0.05, 0.1) is 6.61 Å². The number of carbonyl (C=O) groups is 1. The third-order valence-corrected chi connectivity index (χ3v) is 2.25. The topological polar surface area (TPSA) is 63.3 Å². The zero-order valence-electron chi connectivity index (χ0n) is 6.25. The summed E-state index contributed by atoms with van der Waals surface area (Å²) in [7, 11) is 0. The first-order valence-corrected chi connectivity index (χ1v) is 4.13. The zero-order chi connectivity index (χ0) is 9.14. The van der Waals surface area contributed by atoms with Gasteiger partial charge in [0, 0.05) is 10.0 Å². The average Bonchev–Trinajstić information content (AvgIpc) is 2.04. The predicted molar refractivity (Wildman–Crippen MR) is 48.6 cm³/mol. The van der Waals surface area contributed by atoms with E-state index >= 15 is 0 Å². The van der Waals surface area contributed by atoms with Gasteiger partial charge in [-0.05, 0) is 17.7 Å². The molecule has 4 heteroatoms. The number of carbonyl (C=O) groups excluding carboxylic acids is 1. The van der Waals surface area contributed by atoms with E-state index in [1.54, 1.807) is 18.2 Å². The largest absolute Gasteiger partial charge is 0.392 e. The highest BCUT2D eigenvalue weighted by atomic mass is 79.9. The Hall–Kier alpha value is -0.870. The van der Waals surface area contributed by atoms with E-state index in [4.69, 9.17) is 10.8 Å². The van der Waals surface area contributed by atoms with E-state index < -0.39 is 5.91 Å². The third kappa shape index (κ3) is 1.84. The Labute approximate surface area is 78.3 Å². The molecule has 0 atom stereocenters. The summed E-state index contributed by atoms with van der Waals surface area (Å²) < 4.78 is 0.696. The third-order valence-electron chi connectivity index (χ3n) is 1.51. The standard InChI is InChI=1S/C8H8BrNO2/c9-7-3-5(8(10)12)1-2-6(7)4-11/h1-3,11H,4H2,(H2,10,12). The van der Waals surface area contributed by atoms with Crippen molar-refractivity contribution in [3.05, 3.63) is 33.8 Å². The molecule has 0 saturated carbocycles. The number of primary amides is 1. The highest BCUT2D eigenvalue weighted by Gasteiger charge is 2.03. The van der Waals surface area contributed by atoms with Crippen molar-refractivity contribution in [2.24, 2.45) is 5.73 Å². The van der Waals surface area contributed by atoms with Crippen LogP contribution in [0.1, 0.15) is 15.9 Å². The summed E-state index contributed by atoms with van der Waals surface area (Å²) in [5.41, 5.74) is 6.22. The van der Waals surface area contributed by atoms with Crippen molar-refractivity contribution >= 4 is 21.8 Å². The molecule has 0 bridgehead atoms. The first-order chi connectivity index (χ1) is 5.65. The van der Waals surface area contributed by atoms with Crippen LogP contribution in [0.5, 0.6) is 0 Å². The number of aliphatic hydroxyl groups excluding tert-OH is 1. The highest BCUT2D eigenvalue weighted by molar-refractivity contribution is 9.10. The quantitative estimate of drug-likeness (QED) is 0.797. The number of rotatable bonds is 2. The predicted octanol–water partition coefficient (Wildman–Crippen LogP) is 1.04. The summed E-state index contributed by atoms with van der Waals surface area (Å²) in [6.45, 7) is -0.0559. The molecule has 1 aromatic carbocycles. The van der Waals surface area contributed by atoms with Gasteiger partial charge < -0.3 is 10.8 Å². The van der Waals surface area contributed by atoms with Crippen molar-refractivity contribution < 1.29 is 9.90 Å². The molecular weight excluding hydrogens is 222 g/mol. The van der Waals surface area contributed by atoms with Gasteiger partial charge in [0.25, 0.3) is 0 Å². The molecule has 0 aromatic heterocycles. The number of aliphatic hydroxyl groups is 1. The normalized spacial score (nSPS) is 9.83. The van der Waals surface area contributed by atoms with E-state index in [9.17, 15) is 4.79 Å². The highest BCUT2D eigenvalue weighted by Crippen LogP contribution is 2.18. The van der Waals surface area contributed by atoms with Gasteiger partial charge in [-0.15, -0.1) is 0 Å². The first-order valence-electron chi connectivity index (χ1n) is 3.34. The Bertz CT molecular complexity index is 312. The molecular formula is C8H8BrNO2. The monoisotopic (exact) mass is 229 g/mol. The van der Waals surface area contributed by atoms with Gasteiger partial charge in [0.15, 0.2) is 0 Å². The zero-order valence-corrected chi connectivity index (χ0v) is 7.84. The molecule has 64 valence electrons. The maximum Gasteiger partial charge on any atom is 0.248 e. The summed E-state index contributed by atoms with van der Waals surface area (Å²) in [6.07, 6.45) is 0. The van der Waals surface area contributed by atoms with Crippen LogP contribution in [0.2, 0.25) is 0 Å². The number of benzene rings is 1. The van der Waals surface area contributed by atoms with E-state index in [0.717, 1.165) is 5.56 Å². The van der Waals surface area contributed by atoms with E-state index in [1.165, 1.54) is 0 Å². The molecule has 0 aliphatic heterocycles. The van der Waals surface area contributed by atoms with Gasteiger partial charge in [-0.25, -0.2) is 0 Å². The second-order valence-corrected chi connectivity index (χ2v) is 3.18. The number of hydrogen-bond donors (Lipinski definition) is 2. The molecule has 3 nitrogen and oxygen atoms in total. The SMILES string of the molecule is NC(=O)c1ccc(CO)c(Br)c1. The van der Waals surface area contributed by atoms with E-state index in [-0.39, 0.29) is 6.61 Å². The van der Waals surface area contributed by atoms with Gasteiger partial charge >= 0.3 is 0 Å². The second kappa shape index (κ2) is 3.69. The van der Waals surface area contributed by atoms with Crippen LogP contribution in [0, 0.1) is 0 Å². The molecule has 1 amide bonds. The van der Waals surface area contributed by atoms with Crippen LogP contribution >= 0.6 is 15.9 Å². The molecule has 1 rings (SSSR count). The van der Waals surface area contributed by atoms with Crippen LogP contribution in [0.25, 0.3) is 0 Å². The lowest BCUT2D eigenvalue weighted by Crippen LogP contribution is -2.10. The van der Waals surface area contributed by atoms with Crippen LogP contribution in [0.4, 0.5) is 0 Å². The van der Waals surface area contributed by atoms with Crippen molar-refractivity contribution in [2.75, 3.05) is 0 Å². The summed E-state index contributed by atoms with van der Waals surface area (Å²) >= 11 is 3.21. The Balaban J connectivity index is 3.10. The van der Waals surface area contributed by atoms with E-state index in [2.05, 4.69) is 15.9 Å². The van der Waals surface area contributed by atoms with Gasteiger partial charge in [0.1, 0.15) is 0 Å². The molecule has 12 heavy (non-hydrogen) atoms. The number of nitrogens with two attached hydrogens (primary N) is 1. The maximum absolute atomic E-state index is 10.7. The van der Waals surface area contributed by atoms with Gasteiger partial charge in [-0.1, -0.05) is 22.0 Å². The molecule has 0 fully saturated rings. The van der Waals surface area contributed by atoms with Crippen molar-refractivity contribution in [3.8, 4) is 0 Å². The van der Waals surface area contributed by atoms with Crippen LogP contribution in [0.15, 0.2) is 22.7 Å². The van der Waals surface area contributed by atoms with Crippen LogP contribution in [-0.2, 0) is 6.61 Å². The molecule has 3 N–H and O–H groups in total. The van der Waals surface area contributed by atoms with Gasteiger partial charge in [0.2, 0.25) is 5.91 Å². The Morgan fingerprint density at radius 3 is 2.67 bits per heavy atom. The number of halogens is 1. The lowest BCUT2D eigenvalue weighted by Gasteiger charge is -2.01. The number of amides is 1. The van der Waals surface area contributed by atoms with Crippen LogP contribution in [0.3, 0.4) is 0 Å². The summed E-state index contributed by atoms with van der Waals surface area (Å²) in [5, 5.41) is 8.80. The molecule has 1 aromatic rings. The van der Waals surface area contributed by atoms with Gasteiger partial charge in [-0.3, -0.25) is 4.79 Å². The van der Waals surface area contributed by atoms with E-state index in [1.807, 2.05) is 0 Å². The molecule has 0 heterocycles. The second-order valence-electron chi connectivity index (χ2n) is 2.33. The molecule has 0 radical (unpaired) electrons. The van der Waals surface area contributed by atoms with Crippen molar-refractivity contribution in [1.29, 1.82) is 0 Å². The Morgan fingerprint density at radius 2 is 2.25 bits per heavy atom. The lowest BCUT2D eigenvalue weighted by molar-refractivity contribution is 0.1000. The van der Waals surface area contributed by atoms with Crippen molar-refractivity contribution in [3.63, 3.8) is 0 Å². The maximum atomic E-state index is 10.7. The molecule has 0 saturated heterocycles. The lowest BCUT2D eigenvalue weighted by atomic mass is 10.1. The summed E-state index contributed by atoms with van der Waals surface area (Å²) in [5.74, 6) is -0.472. The minimum absolute atomic E-state index is 0.0559. The minimum Gasteiger partial charge on any atom is -0.392 e. The van der Waals surface area contributed by atoms with Gasteiger partial charge in [-0.2, -0.15) is 0 Å². The van der Waals surface area contributed by atoms with Crippen molar-refractivity contribution in [2.45, 2.75) is 6.61 Å². The number of hydrogen-bond acceptors (Lipinski definition) is 2. The summed E-state index contributed by atoms with van der Waals surface area (Å²) in [4.78, 5) is 10.7. The first kappa shape index (κ1) is 9.22. The fourth-order valence-electron chi connectivity index (χ4n) is 0.829. The van der Waals surface area contributed by atoms with Crippen molar-refractivity contribution in [1.82, 2.24) is 0 Å². The molecule has 0 aliphatic carbocycles. The molecule has 0 spiro atoms. The molecule has 0 aliphatic rings.